The number of nitrogens with one attached hydrogen (secondary N) is 1. The molecule has 0 saturated carbocycles. The second-order valence-corrected chi connectivity index (χ2v) is 14.0. The normalized spacial score (nSPS) is 14.8. The number of carbonyl (C=O) groups is 1. The number of hydrogen-bond donors (Lipinski definition) is 1. The second kappa shape index (κ2) is 12.8. The second-order valence-electron chi connectivity index (χ2n) is 10.3. The highest BCUT2D eigenvalue weighted by Crippen LogP contribution is 2.37. The van der Waals surface area contributed by atoms with E-state index in [1.807, 2.05) is 79.7 Å². The minimum atomic E-state index is -0.704. The molecule has 1 aliphatic rings. The number of thiazole rings is 2. The van der Waals surface area contributed by atoms with Gasteiger partial charge in [-0.2, -0.15) is 0 Å². The van der Waals surface area contributed by atoms with E-state index in [4.69, 9.17) is 30.7 Å². The van der Waals surface area contributed by atoms with Crippen molar-refractivity contribution in [3.8, 4) is 5.75 Å². The summed E-state index contributed by atoms with van der Waals surface area (Å²) in [4.78, 5) is 37.6. The number of benzene rings is 3. The van der Waals surface area contributed by atoms with Crippen molar-refractivity contribution >= 4 is 73.9 Å². The summed E-state index contributed by atoms with van der Waals surface area (Å²) < 4.78 is 15.6. The minimum absolute atomic E-state index is 0.275. The molecule has 1 amide bonds. The van der Waals surface area contributed by atoms with E-state index in [0.717, 1.165) is 25.9 Å². The number of anilines is 1. The summed E-state index contributed by atoms with van der Waals surface area (Å²) in [5, 5.41) is 4.17. The highest BCUT2D eigenvalue weighted by molar-refractivity contribution is 8.01. The van der Waals surface area contributed by atoms with Crippen LogP contribution in [-0.4, -0.2) is 22.1 Å². The van der Waals surface area contributed by atoms with Crippen LogP contribution in [0, 0.1) is 0 Å². The Labute approximate surface area is 280 Å². The molecular formula is C34H25ClN4O4S3. The predicted octanol–water partition coefficient (Wildman–Crippen LogP) is 7.28. The molecule has 0 fully saturated rings. The number of ether oxygens (including phenoxy) is 1. The van der Waals surface area contributed by atoms with Gasteiger partial charge in [-0.15, -0.1) is 11.3 Å². The van der Waals surface area contributed by atoms with Crippen LogP contribution in [-0.2, 0) is 4.79 Å². The van der Waals surface area contributed by atoms with Crippen LogP contribution < -0.4 is 24.9 Å². The maximum Gasteiger partial charge on any atom is 0.271 e. The number of allylic oxidation sites excluding steroid dienone is 1. The van der Waals surface area contributed by atoms with Crippen molar-refractivity contribution in [1.29, 1.82) is 0 Å². The molecule has 1 aliphatic heterocycles. The lowest BCUT2D eigenvalue weighted by molar-refractivity contribution is -0.113. The smallest absolute Gasteiger partial charge is 0.271 e. The summed E-state index contributed by atoms with van der Waals surface area (Å²) >= 11 is 10.4. The number of aromatic nitrogens is 2. The molecule has 0 radical (unpaired) electrons. The predicted molar refractivity (Wildman–Crippen MR) is 184 cm³/mol. The first-order chi connectivity index (χ1) is 22.4. The summed E-state index contributed by atoms with van der Waals surface area (Å²) in [6.07, 6.45) is 1.71. The van der Waals surface area contributed by atoms with E-state index < -0.39 is 6.04 Å². The third-order valence-electron chi connectivity index (χ3n) is 7.20. The molecular weight excluding hydrogens is 660 g/mol. The molecule has 46 heavy (non-hydrogen) atoms. The molecule has 1 N–H and O–H groups in total. The number of nitrogens with zero attached hydrogens (tertiary/aromatic N) is 3. The Kier molecular flexibility index (Phi) is 8.39. The van der Waals surface area contributed by atoms with E-state index in [1.54, 1.807) is 41.0 Å². The lowest BCUT2D eigenvalue weighted by Gasteiger charge is -2.25. The number of fused-ring (bicyclic) bond motifs is 2. The molecule has 6 aromatic rings. The largest absolute Gasteiger partial charge is 0.494 e. The van der Waals surface area contributed by atoms with E-state index in [-0.39, 0.29) is 11.5 Å². The zero-order chi connectivity index (χ0) is 31.8. The zero-order valence-electron chi connectivity index (χ0n) is 24.5. The summed E-state index contributed by atoms with van der Waals surface area (Å²) in [6.45, 7) is 4.35. The SMILES string of the molecule is CCOc1ccc2nc(Sc3ccc(/C=c4\sc5n(c4=O)[C@H](c4ccc(Cl)cc4)C(C(=O)Nc4ccccc4)=C(C)N=5)o3)sc2c1. The van der Waals surface area contributed by atoms with Gasteiger partial charge in [-0.25, -0.2) is 9.98 Å². The van der Waals surface area contributed by atoms with Gasteiger partial charge in [0.05, 0.1) is 38.7 Å². The van der Waals surface area contributed by atoms with Crippen LogP contribution in [0.25, 0.3) is 16.3 Å². The highest BCUT2D eigenvalue weighted by atomic mass is 35.5. The van der Waals surface area contributed by atoms with Gasteiger partial charge in [-0.05, 0) is 85.8 Å². The molecule has 7 rings (SSSR count). The minimum Gasteiger partial charge on any atom is -0.494 e. The van der Waals surface area contributed by atoms with Crippen LogP contribution >= 0.6 is 46.0 Å². The standard InChI is InChI=1S/C34H25ClN4O4S3/c1-3-42-23-13-15-25-26(17-23)45-34(38-25)46-28-16-14-24(43-28)18-27-32(41)39-30(20-9-11-21(35)12-10-20)29(19(2)36-33(39)44-27)31(40)37-22-7-5-4-6-8-22/h4-18,30H,3H2,1-2H3,(H,37,40)/b27-18-/t30-/m1/s1. The number of carbonyl (C=O) groups excluding carboxylic acids is 1. The maximum absolute atomic E-state index is 14.0. The van der Waals surface area contributed by atoms with Crippen molar-refractivity contribution in [3.63, 3.8) is 0 Å². The first-order valence-corrected chi connectivity index (χ1v) is 17.1. The van der Waals surface area contributed by atoms with Crippen LogP contribution in [0.5, 0.6) is 5.75 Å². The third-order valence-corrected chi connectivity index (χ3v) is 10.4. The first-order valence-electron chi connectivity index (χ1n) is 14.3. The van der Waals surface area contributed by atoms with Crippen LogP contribution in [0.4, 0.5) is 5.69 Å². The van der Waals surface area contributed by atoms with Gasteiger partial charge in [0.2, 0.25) is 0 Å². The van der Waals surface area contributed by atoms with Gasteiger partial charge >= 0.3 is 0 Å². The average molecular weight is 685 g/mol. The third kappa shape index (κ3) is 6.06. The number of halogens is 1. The Bertz CT molecular complexity index is 2300. The Morgan fingerprint density at radius 3 is 2.67 bits per heavy atom. The molecule has 12 heteroatoms. The van der Waals surface area contributed by atoms with Crippen molar-refractivity contribution in [1.82, 2.24) is 9.55 Å². The van der Waals surface area contributed by atoms with E-state index in [9.17, 15) is 9.59 Å². The fourth-order valence-electron chi connectivity index (χ4n) is 5.16. The van der Waals surface area contributed by atoms with E-state index >= 15 is 0 Å². The monoisotopic (exact) mass is 684 g/mol. The van der Waals surface area contributed by atoms with E-state index in [0.29, 0.717) is 48.8 Å². The van der Waals surface area contributed by atoms with Crippen LogP contribution in [0.3, 0.4) is 0 Å². The summed E-state index contributed by atoms with van der Waals surface area (Å²) in [7, 11) is 0. The Balaban J connectivity index is 1.22. The average Bonchev–Trinajstić information content (AvgIpc) is 3.74. The van der Waals surface area contributed by atoms with Crippen LogP contribution in [0.2, 0.25) is 5.02 Å². The number of hydrogen-bond acceptors (Lipinski definition) is 9. The van der Waals surface area contributed by atoms with Crippen molar-refractivity contribution in [3.05, 3.63) is 132 Å². The topological polar surface area (TPSA) is 98.7 Å². The molecule has 230 valence electrons. The van der Waals surface area contributed by atoms with Gasteiger partial charge in [-0.3, -0.25) is 14.2 Å². The van der Waals surface area contributed by atoms with Gasteiger partial charge < -0.3 is 14.5 Å². The Hall–Kier alpha value is -4.42. The zero-order valence-corrected chi connectivity index (χ0v) is 27.7. The van der Waals surface area contributed by atoms with Crippen LogP contribution in [0.15, 0.2) is 120 Å². The quantitative estimate of drug-likeness (QED) is 0.181. The first kappa shape index (κ1) is 30.2. The molecule has 1 atom stereocenters. The van der Waals surface area contributed by atoms with E-state index in [2.05, 4.69) is 5.32 Å². The summed E-state index contributed by atoms with van der Waals surface area (Å²) in [5.41, 5.74) is 2.92. The van der Waals surface area contributed by atoms with Crippen molar-refractivity contribution < 1.29 is 13.9 Å². The van der Waals surface area contributed by atoms with Crippen molar-refractivity contribution in [2.24, 2.45) is 4.99 Å². The number of para-hydroxylation sites is 1. The molecule has 0 saturated heterocycles. The lowest BCUT2D eigenvalue weighted by atomic mass is 9.95. The van der Waals surface area contributed by atoms with E-state index in [1.165, 1.54) is 23.1 Å². The fourth-order valence-corrected chi connectivity index (χ4v) is 8.31. The molecule has 3 aromatic carbocycles. The summed E-state index contributed by atoms with van der Waals surface area (Å²) in [6, 6.07) is 25.2. The molecule has 0 spiro atoms. The molecule has 0 unspecified atom stereocenters. The van der Waals surface area contributed by atoms with Crippen molar-refractivity contribution in [2.45, 2.75) is 29.3 Å². The molecule has 3 aromatic heterocycles. The number of rotatable bonds is 8. The number of amides is 1. The van der Waals surface area contributed by atoms with Gasteiger partial charge in [0.25, 0.3) is 11.5 Å². The molecule has 0 bridgehead atoms. The fraction of sp³-hybridized carbons (Fsp3) is 0.118. The highest BCUT2D eigenvalue weighted by Gasteiger charge is 2.32. The van der Waals surface area contributed by atoms with Gasteiger partial charge in [0.15, 0.2) is 14.2 Å². The van der Waals surface area contributed by atoms with Gasteiger partial charge in [-0.1, -0.05) is 53.3 Å². The molecule has 8 nitrogen and oxygen atoms in total. The lowest BCUT2D eigenvalue weighted by Crippen LogP contribution is -2.40. The molecule has 4 heterocycles. The van der Waals surface area contributed by atoms with Gasteiger partial charge in [0, 0.05) is 16.8 Å². The molecule has 0 aliphatic carbocycles. The maximum atomic E-state index is 14.0. The van der Waals surface area contributed by atoms with Crippen molar-refractivity contribution in [2.75, 3.05) is 11.9 Å². The Morgan fingerprint density at radius 1 is 1.09 bits per heavy atom. The summed E-state index contributed by atoms with van der Waals surface area (Å²) in [5.74, 6) is 1.00. The van der Waals surface area contributed by atoms with Gasteiger partial charge in [0.1, 0.15) is 11.5 Å². The number of furan rings is 1. The Morgan fingerprint density at radius 2 is 1.89 bits per heavy atom. The van der Waals surface area contributed by atoms with Crippen LogP contribution in [0.1, 0.15) is 31.2 Å².